The molecular formula is C14H22N2O3. The van der Waals surface area contributed by atoms with Crippen molar-refractivity contribution < 1.29 is 14.6 Å². The predicted molar refractivity (Wildman–Crippen MR) is 73.1 cm³/mol. The third kappa shape index (κ3) is 3.67. The zero-order valence-corrected chi connectivity index (χ0v) is 11.3. The van der Waals surface area contributed by atoms with Crippen molar-refractivity contribution in [3.8, 4) is 5.75 Å². The van der Waals surface area contributed by atoms with E-state index in [-0.39, 0.29) is 12.6 Å². The van der Waals surface area contributed by atoms with Crippen LogP contribution in [0.4, 0.5) is 0 Å². The first-order valence-corrected chi connectivity index (χ1v) is 6.58. The van der Waals surface area contributed by atoms with Gasteiger partial charge in [-0.15, -0.1) is 0 Å². The Morgan fingerprint density at radius 1 is 1.42 bits per heavy atom. The number of morpholine rings is 1. The normalized spacial score (nSPS) is 18.3. The Hall–Kier alpha value is -1.14. The van der Waals surface area contributed by atoms with Crippen molar-refractivity contribution in [2.75, 3.05) is 40.0 Å². The molecule has 1 aliphatic rings. The summed E-state index contributed by atoms with van der Waals surface area (Å²) >= 11 is 0. The van der Waals surface area contributed by atoms with E-state index < -0.39 is 0 Å². The molecule has 0 bridgehead atoms. The number of aliphatic hydroxyl groups excluding tert-OH is 1. The van der Waals surface area contributed by atoms with E-state index in [0.717, 1.165) is 49.7 Å². The Morgan fingerprint density at radius 3 is 2.79 bits per heavy atom. The molecule has 0 aliphatic carbocycles. The van der Waals surface area contributed by atoms with Crippen LogP contribution in [-0.2, 0) is 11.3 Å². The standard InChI is InChI=1S/C14H22N2O3/c1-18-14-3-2-11(13(15)10-17)8-12(14)9-16-4-6-19-7-5-16/h2-3,8,13,17H,4-7,9-10,15H2,1H3. The van der Waals surface area contributed by atoms with Crippen LogP contribution in [0.2, 0.25) is 0 Å². The monoisotopic (exact) mass is 266 g/mol. The van der Waals surface area contributed by atoms with Gasteiger partial charge >= 0.3 is 0 Å². The Bertz CT molecular complexity index is 406. The summed E-state index contributed by atoms with van der Waals surface area (Å²) in [5.74, 6) is 0.861. The molecule has 5 nitrogen and oxygen atoms in total. The summed E-state index contributed by atoms with van der Waals surface area (Å²) in [7, 11) is 1.67. The highest BCUT2D eigenvalue weighted by atomic mass is 16.5. The van der Waals surface area contributed by atoms with Gasteiger partial charge in [0.1, 0.15) is 5.75 Å². The molecule has 2 rings (SSSR count). The summed E-state index contributed by atoms with van der Waals surface area (Å²) in [6, 6.07) is 5.51. The van der Waals surface area contributed by atoms with E-state index in [9.17, 15) is 0 Å². The molecule has 3 N–H and O–H groups in total. The van der Waals surface area contributed by atoms with Crippen LogP contribution < -0.4 is 10.5 Å². The SMILES string of the molecule is COc1ccc(C(N)CO)cc1CN1CCOCC1. The second-order valence-corrected chi connectivity index (χ2v) is 4.75. The van der Waals surface area contributed by atoms with Crippen LogP contribution >= 0.6 is 0 Å². The van der Waals surface area contributed by atoms with Crippen molar-refractivity contribution in [3.63, 3.8) is 0 Å². The van der Waals surface area contributed by atoms with Crippen molar-refractivity contribution in [2.45, 2.75) is 12.6 Å². The molecule has 1 aliphatic heterocycles. The molecule has 1 atom stereocenters. The lowest BCUT2D eigenvalue weighted by molar-refractivity contribution is 0.0338. The first kappa shape index (κ1) is 14.3. The fourth-order valence-corrected chi connectivity index (χ4v) is 2.26. The molecule has 1 heterocycles. The number of methoxy groups -OCH3 is 1. The second kappa shape index (κ2) is 6.86. The molecule has 1 aromatic carbocycles. The lowest BCUT2D eigenvalue weighted by Gasteiger charge is -2.27. The minimum atomic E-state index is -0.339. The van der Waals surface area contributed by atoms with E-state index in [1.165, 1.54) is 0 Å². The van der Waals surface area contributed by atoms with Crippen LogP contribution in [0, 0.1) is 0 Å². The summed E-state index contributed by atoms with van der Waals surface area (Å²) in [6.07, 6.45) is 0. The summed E-state index contributed by atoms with van der Waals surface area (Å²) in [5, 5.41) is 9.14. The highest BCUT2D eigenvalue weighted by Crippen LogP contribution is 2.24. The van der Waals surface area contributed by atoms with Gasteiger partial charge in [0.15, 0.2) is 0 Å². The number of ether oxygens (including phenoxy) is 2. The van der Waals surface area contributed by atoms with Crippen LogP contribution in [0.15, 0.2) is 18.2 Å². The number of hydrogen-bond donors (Lipinski definition) is 2. The summed E-state index contributed by atoms with van der Waals surface area (Å²) < 4.78 is 10.7. The zero-order valence-electron chi connectivity index (χ0n) is 11.3. The Morgan fingerprint density at radius 2 is 2.16 bits per heavy atom. The van der Waals surface area contributed by atoms with Gasteiger partial charge in [-0.1, -0.05) is 6.07 Å². The number of nitrogens with zero attached hydrogens (tertiary/aromatic N) is 1. The predicted octanol–water partition coefficient (Wildman–Crippen LogP) is 0.519. The van der Waals surface area contributed by atoms with Crippen LogP contribution in [0.1, 0.15) is 17.2 Å². The second-order valence-electron chi connectivity index (χ2n) is 4.75. The minimum Gasteiger partial charge on any atom is -0.496 e. The molecule has 106 valence electrons. The van der Waals surface area contributed by atoms with Gasteiger partial charge in [0, 0.05) is 25.2 Å². The lowest BCUT2D eigenvalue weighted by Crippen LogP contribution is -2.35. The van der Waals surface area contributed by atoms with E-state index in [2.05, 4.69) is 4.90 Å². The van der Waals surface area contributed by atoms with Gasteiger partial charge < -0.3 is 20.3 Å². The zero-order chi connectivity index (χ0) is 13.7. The lowest BCUT2D eigenvalue weighted by atomic mass is 10.0. The fraction of sp³-hybridized carbons (Fsp3) is 0.571. The average molecular weight is 266 g/mol. The molecule has 0 radical (unpaired) electrons. The Kier molecular flexibility index (Phi) is 5.15. The molecule has 0 amide bonds. The van der Waals surface area contributed by atoms with E-state index in [1.807, 2.05) is 18.2 Å². The molecule has 1 aromatic rings. The highest BCUT2D eigenvalue weighted by Gasteiger charge is 2.15. The van der Waals surface area contributed by atoms with Crippen LogP contribution in [-0.4, -0.2) is 50.0 Å². The van der Waals surface area contributed by atoms with Gasteiger partial charge in [0.05, 0.1) is 33.0 Å². The van der Waals surface area contributed by atoms with Crippen molar-refractivity contribution >= 4 is 0 Å². The van der Waals surface area contributed by atoms with Crippen molar-refractivity contribution in [1.29, 1.82) is 0 Å². The first-order chi connectivity index (χ1) is 9.24. The molecule has 1 saturated heterocycles. The number of aliphatic hydroxyl groups is 1. The number of benzene rings is 1. The van der Waals surface area contributed by atoms with Crippen molar-refractivity contribution in [2.24, 2.45) is 5.73 Å². The minimum absolute atomic E-state index is 0.0523. The maximum atomic E-state index is 9.14. The third-order valence-corrected chi connectivity index (χ3v) is 3.43. The average Bonchev–Trinajstić information content (AvgIpc) is 2.47. The van der Waals surface area contributed by atoms with Gasteiger partial charge in [0.2, 0.25) is 0 Å². The van der Waals surface area contributed by atoms with E-state index in [4.69, 9.17) is 20.3 Å². The summed E-state index contributed by atoms with van der Waals surface area (Å²) in [6.45, 7) is 4.18. The Labute approximate surface area is 113 Å². The van der Waals surface area contributed by atoms with Crippen LogP contribution in [0.5, 0.6) is 5.75 Å². The molecular weight excluding hydrogens is 244 g/mol. The molecule has 1 unspecified atom stereocenters. The number of nitrogens with two attached hydrogens (primary N) is 1. The van der Waals surface area contributed by atoms with Gasteiger partial charge in [-0.3, -0.25) is 4.90 Å². The smallest absolute Gasteiger partial charge is 0.123 e. The third-order valence-electron chi connectivity index (χ3n) is 3.43. The van der Waals surface area contributed by atoms with E-state index in [0.29, 0.717) is 0 Å². The van der Waals surface area contributed by atoms with E-state index >= 15 is 0 Å². The summed E-state index contributed by atoms with van der Waals surface area (Å²) in [5.41, 5.74) is 7.90. The molecule has 5 heteroatoms. The van der Waals surface area contributed by atoms with E-state index in [1.54, 1.807) is 7.11 Å². The topological polar surface area (TPSA) is 68.0 Å². The van der Waals surface area contributed by atoms with Gasteiger partial charge in [-0.25, -0.2) is 0 Å². The molecule has 0 aromatic heterocycles. The molecule has 0 spiro atoms. The van der Waals surface area contributed by atoms with Gasteiger partial charge in [-0.05, 0) is 17.7 Å². The van der Waals surface area contributed by atoms with Crippen LogP contribution in [0.3, 0.4) is 0 Å². The van der Waals surface area contributed by atoms with Crippen molar-refractivity contribution in [3.05, 3.63) is 29.3 Å². The number of rotatable bonds is 5. The van der Waals surface area contributed by atoms with Gasteiger partial charge in [-0.2, -0.15) is 0 Å². The van der Waals surface area contributed by atoms with Gasteiger partial charge in [0.25, 0.3) is 0 Å². The quantitative estimate of drug-likeness (QED) is 0.813. The molecule has 19 heavy (non-hydrogen) atoms. The Balaban J connectivity index is 2.15. The van der Waals surface area contributed by atoms with Crippen LogP contribution in [0.25, 0.3) is 0 Å². The highest BCUT2D eigenvalue weighted by molar-refractivity contribution is 5.38. The summed E-state index contributed by atoms with van der Waals surface area (Å²) in [4.78, 5) is 2.33. The fourth-order valence-electron chi connectivity index (χ4n) is 2.26. The first-order valence-electron chi connectivity index (χ1n) is 6.58. The number of hydrogen-bond acceptors (Lipinski definition) is 5. The van der Waals surface area contributed by atoms with Crippen molar-refractivity contribution in [1.82, 2.24) is 4.90 Å². The molecule has 1 fully saturated rings. The maximum absolute atomic E-state index is 9.14. The molecule has 0 saturated carbocycles. The maximum Gasteiger partial charge on any atom is 0.123 e. The largest absolute Gasteiger partial charge is 0.496 e.